The quantitative estimate of drug-likeness (QED) is 0.537. The number of nitrogens with zero attached hydrogens (tertiary/aromatic N) is 3. The third kappa shape index (κ3) is 5.21. The number of anilines is 1. The minimum Gasteiger partial charge on any atom is -0.389 e. The first-order chi connectivity index (χ1) is 10.0. The fourth-order valence-corrected chi connectivity index (χ4v) is 2.54. The van der Waals surface area contributed by atoms with Crippen LogP contribution in [0, 0.1) is 0 Å². The van der Waals surface area contributed by atoms with Gasteiger partial charge in [0.15, 0.2) is 5.82 Å². The zero-order chi connectivity index (χ0) is 15.8. The molecule has 6 heteroatoms. The van der Waals surface area contributed by atoms with Crippen LogP contribution in [0.15, 0.2) is 0 Å². The lowest BCUT2D eigenvalue weighted by Gasteiger charge is -2.16. The maximum absolute atomic E-state index is 5.90. The van der Waals surface area contributed by atoms with Gasteiger partial charge in [-0.25, -0.2) is 0 Å². The van der Waals surface area contributed by atoms with E-state index in [0.29, 0.717) is 4.99 Å². The second kappa shape index (κ2) is 8.89. The zero-order valence-corrected chi connectivity index (χ0v) is 14.4. The third-order valence-corrected chi connectivity index (χ3v) is 3.62. The predicted molar refractivity (Wildman–Crippen MR) is 93.0 cm³/mol. The van der Waals surface area contributed by atoms with E-state index in [2.05, 4.69) is 48.4 Å². The van der Waals surface area contributed by atoms with Crippen molar-refractivity contribution in [3.05, 3.63) is 16.8 Å². The van der Waals surface area contributed by atoms with Gasteiger partial charge in [0.1, 0.15) is 4.99 Å². The molecule has 1 rings (SSSR count). The summed E-state index contributed by atoms with van der Waals surface area (Å²) in [5.41, 5.74) is 8.88. The number of thiocarbonyl (C=S) groups is 1. The molecular weight excluding hydrogens is 282 g/mol. The molecule has 1 aromatic rings. The van der Waals surface area contributed by atoms with Gasteiger partial charge in [-0.15, -0.1) is 5.10 Å². The molecule has 0 fully saturated rings. The summed E-state index contributed by atoms with van der Waals surface area (Å²) in [6.45, 7) is 6.11. The van der Waals surface area contributed by atoms with Crippen LogP contribution in [0.3, 0.4) is 0 Å². The van der Waals surface area contributed by atoms with Gasteiger partial charge in [-0.3, -0.25) is 0 Å². The number of hydrogen-bond donors (Lipinski definition) is 2. The molecule has 0 unspecified atom stereocenters. The highest BCUT2D eigenvalue weighted by Gasteiger charge is 2.16. The number of unbranched alkanes of at least 4 members (excludes halogenated alkanes) is 1. The largest absolute Gasteiger partial charge is 0.389 e. The van der Waals surface area contributed by atoms with Gasteiger partial charge >= 0.3 is 0 Å². The van der Waals surface area contributed by atoms with Crippen molar-refractivity contribution in [3.8, 4) is 0 Å². The summed E-state index contributed by atoms with van der Waals surface area (Å²) in [5, 5.41) is 11.9. The Morgan fingerprint density at radius 1 is 1.19 bits per heavy atom. The molecule has 0 radical (unpaired) electrons. The lowest BCUT2D eigenvalue weighted by molar-refractivity contribution is 0.396. The Labute approximate surface area is 133 Å². The second-order valence-electron chi connectivity index (χ2n) is 5.36. The van der Waals surface area contributed by atoms with Gasteiger partial charge < -0.3 is 16.0 Å². The third-order valence-electron chi connectivity index (χ3n) is 3.42. The lowest BCUT2D eigenvalue weighted by Crippen LogP contribution is -2.20. The standard InChI is InChI=1S/C15H27N5S/c1-5-11-12(6-2)18-19-15(13(11)14(16)21)17-9-7-8-10-20(3)4/h5-10H2,1-4H3,(H2,16,21)(H,17,19). The fraction of sp³-hybridized carbons (Fsp3) is 0.667. The number of aryl methyl sites for hydroxylation is 1. The van der Waals surface area contributed by atoms with E-state index in [9.17, 15) is 0 Å². The first-order valence-electron chi connectivity index (χ1n) is 7.58. The van der Waals surface area contributed by atoms with E-state index < -0.39 is 0 Å². The van der Waals surface area contributed by atoms with Gasteiger partial charge in [-0.2, -0.15) is 5.10 Å². The van der Waals surface area contributed by atoms with E-state index >= 15 is 0 Å². The van der Waals surface area contributed by atoms with Crippen LogP contribution in [0.5, 0.6) is 0 Å². The van der Waals surface area contributed by atoms with Gasteiger partial charge in [0.05, 0.1) is 11.3 Å². The van der Waals surface area contributed by atoms with Crippen LogP contribution < -0.4 is 11.1 Å². The Bertz CT molecular complexity index is 473. The Kier molecular flexibility index (Phi) is 7.53. The summed E-state index contributed by atoms with van der Waals surface area (Å²) in [5.74, 6) is 0.724. The average molecular weight is 309 g/mol. The summed E-state index contributed by atoms with van der Waals surface area (Å²) in [6.07, 6.45) is 3.92. The topological polar surface area (TPSA) is 67.1 Å². The molecule has 118 valence electrons. The first kappa shape index (κ1) is 17.8. The van der Waals surface area contributed by atoms with Crippen LogP contribution in [0.25, 0.3) is 0 Å². The molecule has 0 amide bonds. The van der Waals surface area contributed by atoms with Crippen molar-refractivity contribution in [1.29, 1.82) is 0 Å². The van der Waals surface area contributed by atoms with Crippen LogP contribution in [0.4, 0.5) is 5.82 Å². The molecule has 0 aliphatic carbocycles. The molecule has 21 heavy (non-hydrogen) atoms. The van der Waals surface area contributed by atoms with Crippen molar-refractivity contribution in [2.45, 2.75) is 39.5 Å². The normalized spacial score (nSPS) is 10.9. The summed E-state index contributed by atoms with van der Waals surface area (Å²) in [7, 11) is 4.17. The van der Waals surface area contributed by atoms with Crippen molar-refractivity contribution < 1.29 is 0 Å². The summed E-state index contributed by atoms with van der Waals surface area (Å²) in [6, 6.07) is 0. The number of rotatable bonds is 9. The zero-order valence-electron chi connectivity index (χ0n) is 13.6. The van der Waals surface area contributed by atoms with Gasteiger partial charge in [-0.1, -0.05) is 26.1 Å². The van der Waals surface area contributed by atoms with Crippen LogP contribution in [0.2, 0.25) is 0 Å². The Morgan fingerprint density at radius 3 is 2.43 bits per heavy atom. The van der Waals surface area contributed by atoms with Gasteiger partial charge in [0.2, 0.25) is 0 Å². The van der Waals surface area contributed by atoms with Crippen LogP contribution in [-0.2, 0) is 12.8 Å². The number of hydrogen-bond acceptors (Lipinski definition) is 5. The highest BCUT2D eigenvalue weighted by Crippen LogP contribution is 2.20. The molecule has 0 aromatic carbocycles. The smallest absolute Gasteiger partial charge is 0.159 e. The van der Waals surface area contributed by atoms with Crippen molar-refractivity contribution in [2.24, 2.45) is 5.73 Å². The molecule has 0 aliphatic heterocycles. The summed E-state index contributed by atoms with van der Waals surface area (Å²) >= 11 is 5.21. The van der Waals surface area contributed by atoms with E-state index in [1.54, 1.807) is 0 Å². The van der Waals surface area contributed by atoms with Gasteiger partial charge in [0.25, 0.3) is 0 Å². The van der Waals surface area contributed by atoms with Crippen molar-refractivity contribution in [1.82, 2.24) is 15.1 Å². The Balaban J connectivity index is 2.80. The van der Waals surface area contributed by atoms with Crippen molar-refractivity contribution in [2.75, 3.05) is 32.5 Å². The highest BCUT2D eigenvalue weighted by molar-refractivity contribution is 7.80. The summed E-state index contributed by atoms with van der Waals surface area (Å²) in [4.78, 5) is 2.58. The number of nitrogens with one attached hydrogen (secondary N) is 1. The number of nitrogens with two attached hydrogens (primary N) is 1. The molecule has 0 aliphatic rings. The Hall–Kier alpha value is -1.27. The highest BCUT2D eigenvalue weighted by atomic mass is 32.1. The first-order valence-corrected chi connectivity index (χ1v) is 7.98. The minimum absolute atomic E-state index is 0.396. The lowest BCUT2D eigenvalue weighted by atomic mass is 10.0. The van der Waals surface area contributed by atoms with E-state index in [-0.39, 0.29) is 0 Å². The summed E-state index contributed by atoms with van der Waals surface area (Å²) < 4.78 is 0. The van der Waals surface area contributed by atoms with E-state index in [1.165, 1.54) is 0 Å². The molecule has 0 bridgehead atoms. The monoisotopic (exact) mass is 309 g/mol. The second-order valence-corrected chi connectivity index (χ2v) is 5.80. The molecule has 1 aromatic heterocycles. The molecule has 1 heterocycles. The molecule has 0 saturated carbocycles. The van der Waals surface area contributed by atoms with E-state index in [4.69, 9.17) is 18.0 Å². The fourth-order valence-electron chi connectivity index (χ4n) is 2.32. The van der Waals surface area contributed by atoms with E-state index in [0.717, 1.165) is 61.4 Å². The number of aromatic nitrogens is 2. The molecule has 3 N–H and O–H groups in total. The molecule has 0 saturated heterocycles. The van der Waals surface area contributed by atoms with Crippen molar-refractivity contribution in [3.63, 3.8) is 0 Å². The average Bonchev–Trinajstić information content (AvgIpc) is 2.45. The van der Waals surface area contributed by atoms with Crippen LogP contribution in [-0.4, -0.2) is 47.3 Å². The maximum atomic E-state index is 5.90. The molecular formula is C15H27N5S. The van der Waals surface area contributed by atoms with Crippen molar-refractivity contribution >= 4 is 23.0 Å². The van der Waals surface area contributed by atoms with Crippen LogP contribution >= 0.6 is 12.2 Å². The van der Waals surface area contributed by atoms with Gasteiger partial charge in [0, 0.05) is 6.54 Å². The predicted octanol–water partition coefficient (Wildman–Crippen LogP) is 1.99. The van der Waals surface area contributed by atoms with Gasteiger partial charge in [-0.05, 0) is 51.9 Å². The molecule has 0 spiro atoms. The van der Waals surface area contributed by atoms with Crippen LogP contribution in [0.1, 0.15) is 43.5 Å². The maximum Gasteiger partial charge on any atom is 0.159 e. The molecule has 0 atom stereocenters. The minimum atomic E-state index is 0.396. The Morgan fingerprint density at radius 2 is 1.90 bits per heavy atom. The van der Waals surface area contributed by atoms with E-state index in [1.807, 2.05) is 0 Å². The SMILES string of the molecule is CCc1nnc(NCCCCN(C)C)c(C(N)=S)c1CC. The molecule has 5 nitrogen and oxygen atoms in total.